The van der Waals surface area contributed by atoms with Crippen molar-refractivity contribution in [3.05, 3.63) is 17.6 Å². The Morgan fingerprint density at radius 2 is 1.94 bits per heavy atom. The summed E-state index contributed by atoms with van der Waals surface area (Å²) in [5.41, 5.74) is 1.91. The van der Waals surface area contributed by atoms with Gasteiger partial charge in [0.2, 0.25) is 0 Å². The zero-order valence-corrected chi connectivity index (χ0v) is 10.8. The summed E-state index contributed by atoms with van der Waals surface area (Å²) in [6, 6.07) is 0. The van der Waals surface area contributed by atoms with Gasteiger partial charge in [0.15, 0.2) is 0 Å². The standard InChI is InChI=1S/C14H21N3O/c18-14(7-2-1-3-8-14)9-15-13-11-5-4-6-12(11)16-10-17-13/h10,18H,1-9H2,(H,15,16,17). The minimum Gasteiger partial charge on any atom is -0.388 e. The van der Waals surface area contributed by atoms with Gasteiger partial charge in [-0.1, -0.05) is 19.3 Å². The Balaban J connectivity index is 1.68. The molecule has 0 unspecified atom stereocenters. The van der Waals surface area contributed by atoms with Crippen LogP contribution in [0.1, 0.15) is 49.8 Å². The van der Waals surface area contributed by atoms with Gasteiger partial charge in [-0.3, -0.25) is 0 Å². The molecule has 0 aromatic carbocycles. The molecule has 2 aliphatic carbocycles. The number of hydrogen-bond donors (Lipinski definition) is 2. The Bertz CT molecular complexity index is 427. The highest BCUT2D eigenvalue weighted by Gasteiger charge is 2.29. The normalized spacial score (nSPS) is 21.6. The molecule has 4 nitrogen and oxygen atoms in total. The highest BCUT2D eigenvalue weighted by Crippen LogP contribution is 2.30. The number of hydrogen-bond acceptors (Lipinski definition) is 4. The van der Waals surface area contributed by atoms with Gasteiger partial charge in [0.25, 0.3) is 0 Å². The van der Waals surface area contributed by atoms with Crippen LogP contribution in [0, 0.1) is 0 Å². The summed E-state index contributed by atoms with van der Waals surface area (Å²) < 4.78 is 0. The number of aryl methyl sites for hydroxylation is 1. The molecule has 0 bridgehead atoms. The van der Waals surface area contributed by atoms with E-state index in [2.05, 4.69) is 15.3 Å². The van der Waals surface area contributed by atoms with E-state index in [0.717, 1.165) is 44.3 Å². The molecule has 3 rings (SSSR count). The number of anilines is 1. The summed E-state index contributed by atoms with van der Waals surface area (Å²) >= 11 is 0. The van der Waals surface area contributed by atoms with E-state index in [1.54, 1.807) is 6.33 Å². The van der Waals surface area contributed by atoms with Gasteiger partial charge in [-0.25, -0.2) is 9.97 Å². The van der Waals surface area contributed by atoms with Crippen molar-refractivity contribution < 1.29 is 5.11 Å². The van der Waals surface area contributed by atoms with Gasteiger partial charge in [0.05, 0.1) is 5.60 Å². The number of fused-ring (bicyclic) bond motifs is 1. The van der Waals surface area contributed by atoms with Crippen LogP contribution in [0.15, 0.2) is 6.33 Å². The lowest BCUT2D eigenvalue weighted by molar-refractivity contribution is 0.0166. The molecule has 0 spiro atoms. The Morgan fingerprint density at radius 3 is 2.78 bits per heavy atom. The topological polar surface area (TPSA) is 58.0 Å². The summed E-state index contributed by atoms with van der Waals surface area (Å²) in [5, 5.41) is 13.8. The molecule has 0 radical (unpaired) electrons. The lowest BCUT2D eigenvalue weighted by Crippen LogP contribution is -2.39. The minimum absolute atomic E-state index is 0.533. The van der Waals surface area contributed by atoms with E-state index in [-0.39, 0.29) is 0 Å². The Labute approximate surface area is 108 Å². The Kier molecular flexibility index (Phi) is 3.20. The molecule has 0 atom stereocenters. The first-order valence-electron chi connectivity index (χ1n) is 7.06. The van der Waals surface area contributed by atoms with E-state index in [1.165, 1.54) is 24.1 Å². The molecule has 1 fully saturated rings. The summed E-state index contributed by atoms with van der Waals surface area (Å²) in [4.78, 5) is 8.65. The van der Waals surface area contributed by atoms with Gasteiger partial charge in [0, 0.05) is 17.8 Å². The van der Waals surface area contributed by atoms with Crippen molar-refractivity contribution in [2.75, 3.05) is 11.9 Å². The molecule has 2 aliphatic rings. The molecule has 1 aromatic rings. The molecule has 98 valence electrons. The van der Waals surface area contributed by atoms with Gasteiger partial charge in [-0.2, -0.15) is 0 Å². The van der Waals surface area contributed by atoms with Crippen LogP contribution >= 0.6 is 0 Å². The van der Waals surface area contributed by atoms with Crippen LogP contribution in [0.3, 0.4) is 0 Å². The van der Waals surface area contributed by atoms with E-state index in [0.29, 0.717) is 6.54 Å². The van der Waals surface area contributed by atoms with Crippen LogP contribution in [0.4, 0.5) is 5.82 Å². The number of aliphatic hydroxyl groups is 1. The molecular formula is C14H21N3O. The van der Waals surface area contributed by atoms with Crippen molar-refractivity contribution in [3.8, 4) is 0 Å². The zero-order valence-electron chi connectivity index (χ0n) is 10.8. The van der Waals surface area contributed by atoms with Crippen molar-refractivity contribution in [1.29, 1.82) is 0 Å². The van der Waals surface area contributed by atoms with Crippen molar-refractivity contribution in [3.63, 3.8) is 0 Å². The molecule has 1 saturated carbocycles. The maximum atomic E-state index is 10.5. The van der Waals surface area contributed by atoms with Crippen LogP contribution in [-0.2, 0) is 12.8 Å². The SMILES string of the molecule is OC1(CNc2ncnc3c2CCC3)CCCCC1. The molecule has 4 heteroatoms. The van der Waals surface area contributed by atoms with Crippen molar-refractivity contribution in [2.45, 2.75) is 57.0 Å². The molecule has 1 aromatic heterocycles. The van der Waals surface area contributed by atoms with Crippen LogP contribution in [-0.4, -0.2) is 27.2 Å². The number of aromatic nitrogens is 2. The van der Waals surface area contributed by atoms with Crippen LogP contribution in [0.5, 0.6) is 0 Å². The van der Waals surface area contributed by atoms with E-state index < -0.39 is 5.60 Å². The van der Waals surface area contributed by atoms with Crippen molar-refractivity contribution >= 4 is 5.82 Å². The maximum Gasteiger partial charge on any atom is 0.132 e. The summed E-state index contributed by atoms with van der Waals surface area (Å²) in [5.74, 6) is 0.941. The van der Waals surface area contributed by atoms with Gasteiger partial charge >= 0.3 is 0 Å². The number of rotatable bonds is 3. The zero-order chi connectivity index (χ0) is 12.4. The first-order valence-corrected chi connectivity index (χ1v) is 7.06. The van der Waals surface area contributed by atoms with Crippen LogP contribution < -0.4 is 5.32 Å². The Morgan fingerprint density at radius 1 is 1.11 bits per heavy atom. The van der Waals surface area contributed by atoms with Crippen LogP contribution in [0.2, 0.25) is 0 Å². The van der Waals surface area contributed by atoms with Crippen molar-refractivity contribution in [1.82, 2.24) is 9.97 Å². The Hall–Kier alpha value is -1.16. The molecule has 2 N–H and O–H groups in total. The molecule has 0 saturated heterocycles. The van der Waals surface area contributed by atoms with Gasteiger partial charge in [0.1, 0.15) is 12.1 Å². The van der Waals surface area contributed by atoms with E-state index >= 15 is 0 Å². The van der Waals surface area contributed by atoms with Gasteiger partial charge in [-0.15, -0.1) is 0 Å². The second-order valence-electron chi connectivity index (χ2n) is 5.64. The highest BCUT2D eigenvalue weighted by molar-refractivity contribution is 5.48. The fourth-order valence-electron chi connectivity index (χ4n) is 3.15. The summed E-state index contributed by atoms with van der Waals surface area (Å²) in [6.07, 6.45) is 10.3. The van der Waals surface area contributed by atoms with Crippen LogP contribution in [0.25, 0.3) is 0 Å². The monoisotopic (exact) mass is 247 g/mol. The predicted molar refractivity (Wildman–Crippen MR) is 70.6 cm³/mol. The van der Waals surface area contributed by atoms with E-state index in [1.807, 2.05) is 0 Å². The number of nitrogens with zero attached hydrogens (tertiary/aromatic N) is 2. The fourth-order valence-corrected chi connectivity index (χ4v) is 3.15. The summed E-state index contributed by atoms with van der Waals surface area (Å²) in [6.45, 7) is 0.621. The average molecular weight is 247 g/mol. The molecule has 18 heavy (non-hydrogen) atoms. The largest absolute Gasteiger partial charge is 0.388 e. The average Bonchev–Trinajstić information content (AvgIpc) is 2.86. The predicted octanol–water partition coefficient (Wildman–Crippen LogP) is 2.07. The molecule has 0 amide bonds. The fraction of sp³-hybridized carbons (Fsp3) is 0.714. The molecule has 0 aliphatic heterocycles. The lowest BCUT2D eigenvalue weighted by atomic mass is 9.85. The summed E-state index contributed by atoms with van der Waals surface area (Å²) in [7, 11) is 0. The molecular weight excluding hydrogens is 226 g/mol. The smallest absolute Gasteiger partial charge is 0.132 e. The quantitative estimate of drug-likeness (QED) is 0.858. The van der Waals surface area contributed by atoms with Gasteiger partial charge < -0.3 is 10.4 Å². The third kappa shape index (κ3) is 2.34. The molecule has 1 heterocycles. The van der Waals surface area contributed by atoms with Gasteiger partial charge in [-0.05, 0) is 32.1 Å². The second kappa shape index (κ2) is 4.84. The minimum atomic E-state index is -0.533. The third-order valence-corrected chi connectivity index (χ3v) is 4.24. The third-order valence-electron chi connectivity index (χ3n) is 4.24. The lowest BCUT2D eigenvalue weighted by Gasteiger charge is -2.32. The first kappa shape index (κ1) is 11.9. The van der Waals surface area contributed by atoms with E-state index in [9.17, 15) is 5.11 Å². The van der Waals surface area contributed by atoms with Crippen molar-refractivity contribution in [2.24, 2.45) is 0 Å². The maximum absolute atomic E-state index is 10.5. The second-order valence-corrected chi connectivity index (χ2v) is 5.64. The first-order chi connectivity index (χ1) is 8.77. The van der Waals surface area contributed by atoms with E-state index in [4.69, 9.17) is 0 Å². The highest BCUT2D eigenvalue weighted by atomic mass is 16.3. The number of nitrogens with one attached hydrogen (secondary N) is 1.